The average molecular weight is 296 g/mol. The van der Waals surface area contributed by atoms with Gasteiger partial charge in [-0.2, -0.15) is 5.10 Å². The molecule has 0 saturated carbocycles. The van der Waals surface area contributed by atoms with Crippen LogP contribution >= 0.6 is 0 Å². The Bertz CT molecular complexity index is 756. The lowest BCUT2D eigenvalue weighted by molar-refractivity contribution is 0.269. The number of anilines is 2. The normalized spacial score (nSPS) is 10.6. The summed E-state index contributed by atoms with van der Waals surface area (Å²) >= 11 is 0. The lowest BCUT2D eigenvalue weighted by Gasteiger charge is -2.07. The molecule has 0 aliphatic heterocycles. The van der Waals surface area contributed by atoms with Crippen molar-refractivity contribution in [1.29, 1.82) is 0 Å². The van der Waals surface area contributed by atoms with E-state index in [2.05, 4.69) is 25.4 Å². The molecule has 3 heterocycles. The Labute approximate surface area is 127 Å². The molecule has 0 atom stereocenters. The highest BCUT2D eigenvalue weighted by Crippen LogP contribution is 2.19. The van der Waals surface area contributed by atoms with Crippen LogP contribution in [0.15, 0.2) is 43.0 Å². The van der Waals surface area contributed by atoms with E-state index in [-0.39, 0.29) is 6.61 Å². The van der Waals surface area contributed by atoms with Crippen LogP contribution in [0.5, 0.6) is 0 Å². The molecule has 0 fully saturated rings. The first-order valence-electron chi connectivity index (χ1n) is 6.91. The van der Waals surface area contributed by atoms with Crippen LogP contribution in [0.2, 0.25) is 0 Å². The van der Waals surface area contributed by atoms with Crippen LogP contribution in [-0.2, 0) is 6.54 Å². The van der Waals surface area contributed by atoms with Crippen LogP contribution in [0.4, 0.5) is 11.5 Å². The molecule has 3 rings (SSSR count). The predicted molar refractivity (Wildman–Crippen MR) is 82.6 cm³/mol. The van der Waals surface area contributed by atoms with Gasteiger partial charge >= 0.3 is 0 Å². The Morgan fingerprint density at radius 1 is 1.27 bits per heavy atom. The standard InChI is InChI=1S/C15H16N6O/c1-11-7-14(19-13-9-17-21(10-13)5-6-22)20-15(18-11)12-3-2-4-16-8-12/h2-4,7-10,22H,5-6H2,1H3,(H,18,19,20). The fourth-order valence-corrected chi connectivity index (χ4v) is 2.06. The van der Waals surface area contributed by atoms with Gasteiger partial charge in [0.05, 0.1) is 25.0 Å². The zero-order valence-corrected chi connectivity index (χ0v) is 12.1. The van der Waals surface area contributed by atoms with Crippen LogP contribution < -0.4 is 5.32 Å². The van der Waals surface area contributed by atoms with E-state index in [4.69, 9.17) is 5.11 Å². The Kier molecular flexibility index (Phi) is 4.06. The quantitative estimate of drug-likeness (QED) is 0.746. The molecule has 0 aromatic carbocycles. The fraction of sp³-hybridized carbons (Fsp3) is 0.200. The van der Waals surface area contributed by atoms with E-state index < -0.39 is 0 Å². The van der Waals surface area contributed by atoms with E-state index in [9.17, 15) is 0 Å². The zero-order valence-electron chi connectivity index (χ0n) is 12.1. The van der Waals surface area contributed by atoms with Crippen molar-refractivity contribution in [2.75, 3.05) is 11.9 Å². The Morgan fingerprint density at radius 3 is 2.95 bits per heavy atom. The molecule has 2 N–H and O–H groups in total. The molecule has 0 unspecified atom stereocenters. The fourth-order valence-electron chi connectivity index (χ4n) is 2.06. The van der Waals surface area contributed by atoms with Crippen molar-refractivity contribution in [2.24, 2.45) is 0 Å². The number of aromatic nitrogens is 5. The SMILES string of the molecule is Cc1cc(Nc2cnn(CCO)c2)nc(-c2cccnc2)n1. The number of aliphatic hydroxyl groups excluding tert-OH is 1. The molecule has 7 nitrogen and oxygen atoms in total. The number of rotatable bonds is 5. The number of nitrogens with one attached hydrogen (secondary N) is 1. The summed E-state index contributed by atoms with van der Waals surface area (Å²) in [7, 11) is 0. The summed E-state index contributed by atoms with van der Waals surface area (Å²) in [6.07, 6.45) is 6.96. The molecular weight excluding hydrogens is 280 g/mol. The van der Waals surface area contributed by atoms with Gasteiger partial charge in [-0.1, -0.05) is 0 Å². The number of nitrogens with zero attached hydrogens (tertiary/aromatic N) is 5. The van der Waals surface area contributed by atoms with Gasteiger partial charge in [-0.15, -0.1) is 0 Å². The molecule has 0 bridgehead atoms. The Balaban J connectivity index is 1.86. The molecule has 0 amide bonds. The minimum Gasteiger partial charge on any atom is -0.394 e. The van der Waals surface area contributed by atoms with Crippen molar-refractivity contribution in [3.05, 3.63) is 48.7 Å². The van der Waals surface area contributed by atoms with Crippen molar-refractivity contribution in [3.63, 3.8) is 0 Å². The summed E-state index contributed by atoms with van der Waals surface area (Å²) in [5.74, 6) is 1.31. The molecule has 0 spiro atoms. The van der Waals surface area contributed by atoms with Crippen LogP contribution in [0.25, 0.3) is 11.4 Å². The number of aryl methyl sites for hydroxylation is 1. The van der Waals surface area contributed by atoms with Gasteiger partial charge in [0.25, 0.3) is 0 Å². The van der Waals surface area contributed by atoms with E-state index >= 15 is 0 Å². The first-order chi connectivity index (χ1) is 10.7. The van der Waals surface area contributed by atoms with Crippen LogP contribution in [-0.4, -0.2) is 36.4 Å². The van der Waals surface area contributed by atoms with Gasteiger partial charge in [-0.05, 0) is 19.1 Å². The van der Waals surface area contributed by atoms with Crippen LogP contribution in [0.3, 0.4) is 0 Å². The third kappa shape index (κ3) is 3.26. The summed E-state index contributed by atoms with van der Waals surface area (Å²) in [4.78, 5) is 13.0. The summed E-state index contributed by atoms with van der Waals surface area (Å²) in [6.45, 7) is 2.44. The number of aliphatic hydroxyl groups is 1. The van der Waals surface area contributed by atoms with E-state index in [1.807, 2.05) is 31.3 Å². The average Bonchev–Trinajstić information content (AvgIpc) is 2.95. The molecule has 3 aromatic rings. The first kappa shape index (κ1) is 14.2. The second-order valence-corrected chi connectivity index (χ2v) is 4.80. The lowest BCUT2D eigenvalue weighted by Crippen LogP contribution is -2.02. The minimum absolute atomic E-state index is 0.0545. The highest BCUT2D eigenvalue weighted by atomic mass is 16.3. The van der Waals surface area contributed by atoms with Gasteiger partial charge in [-0.25, -0.2) is 9.97 Å². The highest BCUT2D eigenvalue weighted by Gasteiger charge is 2.06. The summed E-state index contributed by atoms with van der Waals surface area (Å²) < 4.78 is 1.67. The molecule has 0 radical (unpaired) electrons. The number of hydrogen-bond donors (Lipinski definition) is 2. The minimum atomic E-state index is 0.0545. The second-order valence-electron chi connectivity index (χ2n) is 4.80. The van der Waals surface area contributed by atoms with Crippen molar-refractivity contribution in [1.82, 2.24) is 24.7 Å². The molecular formula is C15H16N6O. The number of hydrogen-bond acceptors (Lipinski definition) is 6. The van der Waals surface area contributed by atoms with Crippen LogP contribution in [0.1, 0.15) is 5.69 Å². The molecule has 0 aliphatic carbocycles. The van der Waals surface area contributed by atoms with E-state index in [0.29, 0.717) is 18.2 Å². The van der Waals surface area contributed by atoms with Gasteiger partial charge in [0.2, 0.25) is 0 Å². The molecule has 112 valence electrons. The van der Waals surface area contributed by atoms with Gasteiger partial charge < -0.3 is 10.4 Å². The van der Waals surface area contributed by atoms with Crippen molar-refractivity contribution in [3.8, 4) is 11.4 Å². The predicted octanol–water partition coefficient (Wildman–Crippen LogP) is 1.78. The summed E-state index contributed by atoms with van der Waals surface area (Å²) in [5, 5.41) is 16.3. The highest BCUT2D eigenvalue weighted by molar-refractivity contribution is 5.60. The monoisotopic (exact) mass is 296 g/mol. The van der Waals surface area contributed by atoms with Crippen molar-refractivity contribution < 1.29 is 5.11 Å². The maximum Gasteiger partial charge on any atom is 0.163 e. The van der Waals surface area contributed by atoms with Crippen LogP contribution in [0, 0.1) is 6.92 Å². The maximum absolute atomic E-state index is 8.91. The Morgan fingerprint density at radius 2 is 2.18 bits per heavy atom. The van der Waals surface area contributed by atoms with Crippen molar-refractivity contribution in [2.45, 2.75) is 13.5 Å². The van der Waals surface area contributed by atoms with E-state index in [1.54, 1.807) is 23.3 Å². The van der Waals surface area contributed by atoms with Gasteiger partial charge in [0.1, 0.15) is 5.82 Å². The van der Waals surface area contributed by atoms with E-state index in [0.717, 1.165) is 16.9 Å². The molecule has 7 heteroatoms. The smallest absolute Gasteiger partial charge is 0.163 e. The van der Waals surface area contributed by atoms with Gasteiger partial charge in [0.15, 0.2) is 5.82 Å². The molecule has 3 aromatic heterocycles. The zero-order chi connectivity index (χ0) is 15.4. The molecule has 0 saturated heterocycles. The Hall–Kier alpha value is -2.80. The first-order valence-corrected chi connectivity index (χ1v) is 6.91. The summed E-state index contributed by atoms with van der Waals surface area (Å²) in [5.41, 5.74) is 2.54. The number of pyridine rings is 1. The van der Waals surface area contributed by atoms with Crippen molar-refractivity contribution >= 4 is 11.5 Å². The van der Waals surface area contributed by atoms with Gasteiger partial charge in [-0.3, -0.25) is 9.67 Å². The third-order valence-corrected chi connectivity index (χ3v) is 3.01. The maximum atomic E-state index is 8.91. The second kappa shape index (κ2) is 6.31. The topological polar surface area (TPSA) is 88.8 Å². The van der Waals surface area contributed by atoms with Gasteiger partial charge in [0, 0.05) is 35.9 Å². The summed E-state index contributed by atoms with van der Waals surface area (Å²) in [6, 6.07) is 5.64. The largest absolute Gasteiger partial charge is 0.394 e. The molecule has 22 heavy (non-hydrogen) atoms. The lowest BCUT2D eigenvalue weighted by atomic mass is 10.2. The van der Waals surface area contributed by atoms with E-state index in [1.165, 1.54) is 0 Å². The molecule has 0 aliphatic rings. The third-order valence-electron chi connectivity index (χ3n) is 3.01.